The average Bonchev–Trinajstić information content (AvgIpc) is 3.16. The smallest absolute Gasteiger partial charge is 0.342 e. The third kappa shape index (κ3) is 3.05. The fourth-order valence-corrected chi connectivity index (χ4v) is 2.20. The molecular weight excluding hydrogens is 264 g/mol. The van der Waals surface area contributed by atoms with Gasteiger partial charge in [0.15, 0.2) is 0 Å². The highest BCUT2D eigenvalue weighted by molar-refractivity contribution is 5.93. The summed E-state index contributed by atoms with van der Waals surface area (Å²) in [6, 6.07) is 3.96. The third-order valence-electron chi connectivity index (χ3n) is 3.69. The summed E-state index contributed by atoms with van der Waals surface area (Å²) in [5.74, 6) is -1.32. The van der Waals surface area contributed by atoms with Crippen molar-refractivity contribution >= 4 is 17.3 Å². The molecule has 0 aromatic heterocycles. The van der Waals surface area contributed by atoms with E-state index in [1.54, 1.807) is 0 Å². The second-order valence-electron chi connectivity index (χ2n) is 5.12. The normalized spacial score (nSPS) is 15.7. The topological polar surface area (TPSA) is 113 Å². The minimum absolute atomic E-state index is 0.0832. The van der Waals surface area contributed by atoms with E-state index >= 15 is 0 Å². The first kappa shape index (κ1) is 14.3. The van der Waals surface area contributed by atoms with Gasteiger partial charge >= 0.3 is 5.97 Å². The summed E-state index contributed by atoms with van der Waals surface area (Å²) in [5, 5.41) is 31.8. The molecule has 1 fully saturated rings. The Hall–Kier alpha value is -2.15. The lowest BCUT2D eigenvalue weighted by molar-refractivity contribution is -0.385. The van der Waals surface area contributed by atoms with Crippen LogP contribution >= 0.6 is 0 Å². The van der Waals surface area contributed by atoms with E-state index in [1.165, 1.54) is 18.2 Å². The molecule has 1 aromatic carbocycles. The quantitative estimate of drug-likeness (QED) is 0.519. The van der Waals surface area contributed by atoms with E-state index in [2.05, 4.69) is 5.32 Å². The zero-order chi connectivity index (χ0) is 14.8. The molecule has 1 aliphatic rings. The Balaban J connectivity index is 2.11. The first-order chi connectivity index (χ1) is 9.47. The van der Waals surface area contributed by atoms with Gasteiger partial charge in [0.2, 0.25) is 0 Å². The predicted molar refractivity (Wildman–Crippen MR) is 71.9 cm³/mol. The number of rotatable bonds is 7. The third-order valence-corrected chi connectivity index (χ3v) is 3.69. The molecule has 0 spiro atoms. The van der Waals surface area contributed by atoms with Crippen LogP contribution in [0.3, 0.4) is 0 Å². The number of aliphatic hydroxyl groups is 1. The van der Waals surface area contributed by atoms with Crippen molar-refractivity contribution in [1.29, 1.82) is 0 Å². The Morgan fingerprint density at radius 3 is 2.65 bits per heavy atom. The predicted octanol–water partition coefficient (Wildman–Crippen LogP) is 1.87. The molecule has 2 rings (SSSR count). The van der Waals surface area contributed by atoms with Crippen molar-refractivity contribution in [2.45, 2.75) is 19.3 Å². The molecule has 0 amide bonds. The lowest BCUT2D eigenvalue weighted by Gasteiger charge is -2.15. The Kier molecular flexibility index (Phi) is 3.89. The zero-order valence-corrected chi connectivity index (χ0v) is 10.8. The van der Waals surface area contributed by atoms with Crippen LogP contribution in [-0.4, -0.2) is 34.3 Å². The van der Waals surface area contributed by atoms with Gasteiger partial charge in [0, 0.05) is 24.9 Å². The molecule has 0 unspecified atom stereocenters. The molecule has 0 bridgehead atoms. The van der Waals surface area contributed by atoms with Gasteiger partial charge in [-0.1, -0.05) is 0 Å². The summed E-state index contributed by atoms with van der Waals surface area (Å²) in [4.78, 5) is 21.1. The highest BCUT2D eigenvalue weighted by Crippen LogP contribution is 2.48. The number of carboxylic acids is 1. The minimum atomic E-state index is -1.32. The maximum Gasteiger partial charge on any atom is 0.342 e. The number of hydrogen-bond donors (Lipinski definition) is 3. The molecule has 20 heavy (non-hydrogen) atoms. The minimum Gasteiger partial charge on any atom is -0.477 e. The van der Waals surface area contributed by atoms with Crippen LogP contribution in [0.2, 0.25) is 0 Å². The standard InChI is InChI=1S/C13H16N2O5/c16-6-5-13(3-4-13)8-14-9-1-2-11(15(19)20)10(7-9)12(17)18/h1-2,7,14,16H,3-6,8H2,(H,17,18). The van der Waals surface area contributed by atoms with Crippen LogP contribution in [0.4, 0.5) is 11.4 Å². The number of aliphatic hydroxyl groups excluding tert-OH is 1. The van der Waals surface area contributed by atoms with E-state index in [0.717, 1.165) is 12.8 Å². The number of benzene rings is 1. The van der Waals surface area contributed by atoms with Crippen molar-refractivity contribution in [2.24, 2.45) is 5.41 Å². The van der Waals surface area contributed by atoms with Gasteiger partial charge in [-0.3, -0.25) is 10.1 Å². The Morgan fingerprint density at radius 1 is 1.45 bits per heavy atom. The number of nitro benzene ring substituents is 1. The SMILES string of the molecule is O=C(O)c1cc(NCC2(CCO)CC2)ccc1[N+](=O)[O-]. The van der Waals surface area contributed by atoms with Crippen LogP contribution in [0.1, 0.15) is 29.6 Å². The zero-order valence-electron chi connectivity index (χ0n) is 10.8. The lowest BCUT2D eigenvalue weighted by atomic mass is 10.0. The van der Waals surface area contributed by atoms with Gasteiger partial charge in [0.1, 0.15) is 5.56 Å². The first-order valence-corrected chi connectivity index (χ1v) is 6.34. The lowest BCUT2D eigenvalue weighted by Crippen LogP contribution is -2.17. The van der Waals surface area contributed by atoms with Gasteiger partial charge in [0.25, 0.3) is 5.69 Å². The summed E-state index contributed by atoms with van der Waals surface area (Å²) >= 11 is 0. The van der Waals surface area contributed by atoms with Crippen molar-refractivity contribution < 1.29 is 19.9 Å². The molecule has 0 aliphatic heterocycles. The van der Waals surface area contributed by atoms with E-state index < -0.39 is 16.6 Å². The molecule has 0 radical (unpaired) electrons. The molecule has 3 N–H and O–H groups in total. The monoisotopic (exact) mass is 280 g/mol. The van der Waals surface area contributed by atoms with E-state index in [1.807, 2.05) is 0 Å². The average molecular weight is 280 g/mol. The molecule has 1 saturated carbocycles. The van der Waals surface area contributed by atoms with Crippen LogP contribution in [0.5, 0.6) is 0 Å². The van der Waals surface area contributed by atoms with Crippen molar-refractivity contribution in [3.8, 4) is 0 Å². The fraction of sp³-hybridized carbons (Fsp3) is 0.462. The molecule has 0 atom stereocenters. The van der Waals surface area contributed by atoms with Crippen molar-refractivity contribution in [1.82, 2.24) is 0 Å². The summed E-state index contributed by atoms with van der Waals surface area (Å²) in [7, 11) is 0. The second kappa shape index (κ2) is 5.46. The maximum atomic E-state index is 11.0. The molecule has 108 valence electrons. The molecule has 7 nitrogen and oxygen atoms in total. The molecule has 1 aliphatic carbocycles. The van der Waals surface area contributed by atoms with Crippen molar-refractivity contribution in [3.63, 3.8) is 0 Å². The van der Waals surface area contributed by atoms with Gasteiger partial charge < -0.3 is 15.5 Å². The highest BCUT2D eigenvalue weighted by Gasteiger charge is 2.41. The molecule has 0 heterocycles. The van der Waals surface area contributed by atoms with E-state index in [4.69, 9.17) is 10.2 Å². The van der Waals surface area contributed by atoms with E-state index in [0.29, 0.717) is 18.7 Å². The number of aromatic carboxylic acids is 1. The van der Waals surface area contributed by atoms with Gasteiger partial charge in [-0.05, 0) is 36.8 Å². The highest BCUT2D eigenvalue weighted by atomic mass is 16.6. The summed E-state index contributed by atoms with van der Waals surface area (Å²) in [6.45, 7) is 0.757. The Morgan fingerprint density at radius 2 is 2.15 bits per heavy atom. The number of carboxylic acid groups (broad SMARTS) is 1. The summed E-state index contributed by atoms with van der Waals surface area (Å²) < 4.78 is 0. The number of nitrogens with one attached hydrogen (secondary N) is 1. The fourth-order valence-electron chi connectivity index (χ4n) is 2.20. The van der Waals surface area contributed by atoms with Crippen LogP contribution in [0.25, 0.3) is 0 Å². The maximum absolute atomic E-state index is 11.0. The molecular formula is C13H16N2O5. The summed E-state index contributed by atoms with van der Waals surface area (Å²) in [6.07, 6.45) is 2.76. The van der Waals surface area contributed by atoms with Crippen LogP contribution in [0.15, 0.2) is 18.2 Å². The van der Waals surface area contributed by atoms with Crippen LogP contribution in [0, 0.1) is 15.5 Å². The second-order valence-corrected chi connectivity index (χ2v) is 5.12. The van der Waals surface area contributed by atoms with E-state index in [9.17, 15) is 14.9 Å². The van der Waals surface area contributed by atoms with Crippen LogP contribution < -0.4 is 5.32 Å². The molecule has 1 aromatic rings. The molecule has 0 saturated heterocycles. The number of nitro groups is 1. The van der Waals surface area contributed by atoms with Crippen LogP contribution in [-0.2, 0) is 0 Å². The Labute approximate surface area is 115 Å². The van der Waals surface area contributed by atoms with Gasteiger partial charge in [-0.15, -0.1) is 0 Å². The first-order valence-electron chi connectivity index (χ1n) is 6.34. The summed E-state index contributed by atoms with van der Waals surface area (Å²) in [5.41, 5.74) is -0.122. The van der Waals surface area contributed by atoms with Gasteiger partial charge in [-0.2, -0.15) is 0 Å². The van der Waals surface area contributed by atoms with Gasteiger partial charge in [0.05, 0.1) is 4.92 Å². The van der Waals surface area contributed by atoms with E-state index in [-0.39, 0.29) is 17.6 Å². The number of anilines is 1. The number of hydrogen-bond acceptors (Lipinski definition) is 5. The molecule has 7 heteroatoms. The number of carbonyl (C=O) groups is 1. The number of nitrogens with zero attached hydrogens (tertiary/aromatic N) is 1. The van der Waals surface area contributed by atoms with Crippen molar-refractivity contribution in [2.75, 3.05) is 18.5 Å². The largest absolute Gasteiger partial charge is 0.477 e. The Bertz CT molecular complexity index is 540. The van der Waals surface area contributed by atoms with Crippen molar-refractivity contribution in [3.05, 3.63) is 33.9 Å². The van der Waals surface area contributed by atoms with Gasteiger partial charge in [-0.25, -0.2) is 4.79 Å².